The van der Waals surface area contributed by atoms with E-state index in [0.29, 0.717) is 5.02 Å². The highest BCUT2D eigenvalue weighted by Crippen LogP contribution is 2.22. The molecule has 0 aromatic heterocycles. The number of amides is 2. The normalized spacial score (nSPS) is 22.6. The van der Waals surface area contributed by atoms with Gasteiger partial charge in [-0.05, 0) is 25.5 Å². The van der Waals surface area contributed by atoms with Crippen LogP contribution in [0.15, 0.2) is 24.3 Å². The minimum Gasteiger partial charge on any atom is -0.331 e. The average molecular weight is 331 g/mol. The van der Waals surface area contributed by atoms with Crippen LogP contribution in [-0.4, -0.2) is 43.4 Å². The molecule has 0 aliphatic carbocycles. The van der Waals surface area contributed by atoms with Crippen molar-refractivity contribution in [2.75, 3.05) is 18.1 Å². The minimum absolute atomic E-state index is 0.0148. The van der Waals surface area contributed by atoms with Gasteiger partial charge in [-0.2, -0.15) is 0 Å². The predicted molar refractivity (Wildman–Crippen MR) is 83.2 cm³/mol. The monoisotopic (exact) mass is 330 g/mol. The van der Waals surface area contributed by atoms with Gasteiger partial charge < -0.3 is 10.2 Å². The van der Waals surface area contributed by atoms with E-state index in [9.17, 15) is 13.2 Å². The molecule has 1 aliphatic rings. The van der Waals surface area contributed by atoms with Crippen LogP contribution in [0, 0.1) is 0 Å². The van der Waals surface area contributed by atoms with Crippen LogP contribution in [0.4, 0.5) is 4.79 Å². The Morgan fingerprint density at radius 1 is 1.43 bits per heavy atom. The van der Waals surface area contributed by atoms with Gasteiger partial charge in [0.2, 0.25) is 0 Å². The molecule has 1 saturated heterocycles. The van der Waals surface area contributed by atoms with E-state index in [0.717, 1.165) is 5.56 Å². The zero-order valence-corrected chi connectivity index (χ0v) is 13.6. The molecular formula is C14H19ClN2O3S. The molecule has 5 nitrogen and oxygen atoms in total. The van der Waals surface area contributed by atoms with Crippen LogP contribution in [0.25, 0.3) is 0 Å². The molecule has 1 fully saturated rings. The second-order valence-corrected chi connectivity index (χ2v) is 7.99. The van der Waals surface area contributed by atoms with Crippen LogP contribution in [0.1, 0.15) is 25.5 Å². The Morgan fingerprint density at radius 3 is 2.71 bits per heavy atom. The summed E-state index contributed by atoms with van der Waals surface area (Å²) in [4.78, 5) is 13.9. The molecular weight excluding hydrogens is 312 g/mol. The molecule has 0 spiro atoms. The Morgan fingerprint density at radius 2 is 2.10 bits per heavy atom. The number of urea groups is 1. The van der Waals surface area contributed by atoms with Crippen molar-refractivity contribution < 1.29 is 13.2 Å². The van der Waals surface area contributed by atoms with Gasteiger partial charge in [0.1, 0.15) is 0 Å². The van der Waals surface area contributed by atoms with Gasteiger partial charge in [-0.25, -0.2) is 13.2 Å². The first kappa shape index (κ1) is 16.1. The SMILES string of the molecule is CC1CS(=O)(=O)CCN1C(=O)N[C@H](C)c1ccccc1Cl. The molecule has 2 atom stereocenters. The number of carbonyl (C=O) groups excluding carboxylic acids is 1. The summed E-state index contributed by atoms with van der Waals surface area (Å²) in [7, 11) is -3.03. The molecule has 0 bridgehead atoms. The topological polar surface area (TPSA) is 66.5 Å². The largest absolute Gasteiger partial charge is 0.331 e. The number of halogens is 1. The predicted octanol–water partition coefficient (Wildman–Crippen LogP) is 2.23. The van der Waals surface area contributed by atoms with E-state index < -0.39 is 9.84 Å². The fourth-order valence-corrected chi connectivity index (χ4v) is 4.33. The Bertz CT molecular complexity index is 633. The van der Waals surface area contributed by atoms with Gasteiger partial charge in [-0.15, -0.1) is 0 Å². The summed E-state index contributed by atoms with van der Waals surface area (Å²) < 4.78 is 23.1. The van der Waals surface area contributed by atoms with Gasteiger partial charge in [0.15, 0.2) is 9.84 Å². The van der Waals surface area contributed by atoms with Crippen LogP contribution in [0.2, 0.25) is 5.02 Å². The second kappa shape index (κ2) is 6.23. The number of nitrogens with zero attached hydrogens (tertiary/aromatic N) is 1. The molecule has 1 unspecified atom stereocenters. The van der Waals surface area contributed by atoms with Crippen molar-refractivity contribution in [3.8, 4) is 0 Å². The number of rotatable bonds is 2. The van der Waals surface area contributed by atoms with E-state index in [1.807, 2.05) is 25.1 Å². The zero-order valence-electron chi connectivity index (χ0n) is 12.0. The van der Waals surface area contributed by atoms with Gasteiger partial charge in [-0.1, -0.05) is 29.8 Å². The highest BCUT2D eigenvalue weighted by molar-refractivity contribution is 7.91. The summed E-state index contributed by atoms with van der Waals surface area (Å²) in [5, 5.41) is 3.47. The first-order valence-corrected chi connectivity index (χ1v) is 9.02. The molecule has 1 N–H and O–H groups in total. The van der Waals surface area contributed by atoms with Crippen molar-refractivity contribution in [3.63, 3.8) is 0 Å². The summed E-state index contributed by atoms with van der Waals surface area (Å²) >= 11 is 6.11. The maximum Gasteiger partial charge on any atom is 0.318 e. The van der Waals surface area contributed by atoms with Crippen LogP contribution >= 0.6 is 11.6 Å². The van der Waals surface area contributed by atoms with Crippen molar-refractivity contribution in [1.82, 2.24) is 10.2 Å². The standard InChI is InChI=1S/C14H19ClN2O3S/c1-10-9-21(19,20)8-7-17(10)14(18)16-11(2)12-5-3-4-6-13(12)15/h3-6,10-11H,7-9H2,1-2H3,(H,16,18)/t10?,11-/m1/s1. The van der Waals surface area contributed by atoms with Gasteiger partial charge in [0.05, 0.1) is 17.5 Å². The Hall–Kier alpha value is -1.27. The Balaban J connectivity index is 2.03. The lowest BCUT2D eigenvalue weighted by Crippen LogP contribution is -2.53. The molecule has 7 heteroatoms. The minimum atomic E-state index is -3.03. The molecule has 21 heavy (non-hydrogen) atoms. The maximum absolute atomic E-state index is 12.3. The lowest BCUT2D eigenvalue weighted by atomic mass is 10.1. The third-order valence-corrected chi connectivity index (χ3v) is 5.78. The first-order valence-electron chi connectivity index (χ1n) is 6.82. The van der Waals surface area contributed by atoms with E-state index in [-0.39, 0.29) is 36.2 Å². The fraction of sp³-hybridized carbons (Fsp3) is 0.500. The third kappa shape index (κ3) is 3.89. The number of nitrogens with one attached hydrogen (secondary N) is 1. The van der Waals surface area contributed by atoms with Crippen molar-refractivity contribution in [1.29, 1.82) is 0 Å². The highest BCUT2D eigenvalue weighted by atomic mass is 35.5. The number of benzene rings is 1. The van der Waals surface area contributed by atoms with Crippen LogP contribution < -0.4 is 5.32 Å². The summed E-state index contributed by atoms with van der Waals surface area (Å²) in [5.41, 5.74) is 0.838. The van der Waals surface area contributed by atoms with Crippen molar-refractivity contribution in [2.45, 2.75) is 25.9 Å². The fourth-order valence-electron chi connectivity index (χ4n) is 2.47. The van der Waals surface area contributed by atoms with E-state index in [2.05, 4.69) is 5.32 Å². The van der Waals surface area contributed by atoms with E-state index in [4.69, 9.17) is 11.6 Å². The molecule has 116 valence electrons. The van der Waals surface area contributed by atoms with Gasteiger partial charge in [-0.3, -0.25) is 0 Å². The Kier molecular flexibility index (Phi) is 4.78. The van der Waals surface area contributed by atoms with Gasteiger partial charge in [0.25, 0.3) is 0 Å². The Labute approximate surface area is 130 Å². The molecule has 1 aliphatic heterocycles. The smallest absolute Gasteiger partial charge is 0.318 e. The van der Waals surface area contributed by atoms with Crippen LogP contribution in [-0.2, 0) is 9.84 Å². The number of hydrogen-bond donors (Lipinski definition) is 1. The molecule has 1 aromatic rings. The third-order valence-electron chi connectivity index (χ3n) is 3.64. The lowest BCUT2D eigenvalue weighted by molar-refractivity contribution is 0.182. The summed E-state index contributed by atoms with van der Waals surface area (Å²) in [6.07, 6.45) is 0. The zero-order chi connectivity index (χ0) is 15.6. The molecule has 1 aromatic carbocycles. The molecule has 2 rings (SSSR count). The van der Waals surface area contributed by atoms with Crippen molar-refractivity contribution in [2.24, 2.45) is 0 Å². The summed E-state index contributed by atoms with van der Waals surface area (Å²) in [6, 6.07) is 6.51. The molecule has 1 heterocycles. The molecule has 2 amide bonds. The maximum atomic E-state index is 12.3. The number of sulfone groups is 1. The van der Waals surface area contributed by atoms with Crippen molar-refractivity contribution in [3.05, 3.63) is 34.9 Å². The van der Waals surface area contributed by atoms with Crippen molar-refractivity contribution >= 4 is 27.5 Å². The van der Waals surface area contributed by atoms with Crippen LogP contribution in [0.5, 0.6) is 0 Å². The van der Waals surface area contributed by atoms with Gasteiger partial charge >= 0.3 is 6.03 Å². The lowest BCUT2D eigenvalue weighted by Gasteiger charge is -2.34. The van der Waals surface area contributed by atoms with E-state index in [1.54, 1.807) is 17.9 Å². The number of carbonyl (C=O) groups is 1. The van der Waals surface area contributed by atoms with Gasteiger partial charge in [0, 0.05) is 17.6 Å². The molecule has 0 radical (unpaired) electrons. The first-order chi connectivity index (χ1) is 9.80. The summed E-state index contributed by atoms with van der Waals surface area (Å²) in [5.74, 6) is 0.0339. The quantitative estimate of drug-likeness (QED) is 0.904. The molecule has 0 saturated carbocycles. The average Bonchev–Trinajstić information content (AvgIpc) is 2.37. The summed E-state index contributed by atoms with van der Waals surface area (Å²) in [6.45, 7) is 3.82. The van der Waals surface area contributed by atoms with E-state index in [1.165, 1.54) is 0 Å². The van der Waals surface area contributed by atoms with E-state index >= 15 is 0 Å². The second-order valence-electron chi connectivity index (χ2n) is 5.35. The van der Waals surface area contributed by atoms with Crippen LogP contribution in [0.3, 0.4) is 0 Å². The highest BCUT2D eigenvalue weighted by Gasteiger charge is 2.31. The number of hydrogen-bond acceptors (Lipinski definition) is 3.